The normalized spacial score (nSPS) is 27.2. The van der Waals surface area contributed by atoms with Gasteiger partial charge in [0.2, 0.25) is 0 Å². The van der Waals surface area contributed by atoms with Crippen molar-refractivity contribution >= 4 is 0 Å². The topological polar surface area (TPSA) is 44.3 Å². The van der Waals surface area contributed by atoms with Crippen molar-refractivity contribution in [3.05, 3.63) is 23.9 Å². The van der Waals surface area contributed by atoms with Crippen molar-refractivity contribution in [3.63, 3.8) is 0 Å². The Kier molecular flexibility index (Phi) is 3.51. The highest BCUT2D eigenvalue weighted by atomic mass is 16.3. The van der Waals surface area contributed by atoms with E-state index >= 15 is 0 Å². The first-order valence-corrected chi connectivity index (χ1v) is 4.80. The summed E-state index contributed by atoms with van der Waals surface area (Å²) in [4.78, 5) is 0. The predicted octanol–water partition coefficient (Wildman–Crippen LogP) is 0.738. The van der Waals surface area contributed by atoms with Crippen LogP contribution in [0.1, 0.15) is 20.3 Å². The molecule has 74 valence electrons. The molecule has 0 aliphatic heterocycles. The van der Waals surface area contributed by atoms with E-state index in [4.69, 9.17) is 0 Å². The van der Waals surface area contributed by atoms with Crippen molar-refractivity contribution in [3.8, 4) is 0 Å². The molecule has 3 nitrogen and oxygen atoms in total. The van der Waals surface area contributed by atoms with Gasteiger partial charge < -0.3 is 10.4 Å². The second-order valence-electron chi connectivity index (χ2n) is 3.21. The molecule has 1 atom stereocenters. The minimum absolute atomic E-state index is 0.616. The molecule has 0 saturated carbocycles. The first kappa shape index (κ1) is 10.3. The molecule has 0 radical (unpaired) electrons. The SMILES string of the molecule is CCNC1=CC=CC(O)(NCC)C1. The number of hydrogen-bond acceptors (Lipinski definition) is 3. The summed E-state index contributed by atoms with van der Waals surface area (Å²) < 4.78 is 0. The van der Waals surface area contributed by atoms with Gasteiger partial charge in [0, 0.05) is 18.7 Å². The summed E-state index contributed by atoms with van der Waals surface area (Å²) in [5.74, 6) is 0. The molecule has 3 heteroatoms. The maximum absolute atomic E-state index is 9.99. The maximum Gasteiger partial charge on any atom is 0.140 e. The molecule has 13 heavy (non-hydrogen) atoms. The minimum atomic E-state index is -0.860. The monoisotopic (exact) mass is 182 g/mol. The van der Waals surface area contributed by atoms with E-state index in [0.29, 0.717) is 6.42 Å². The summed E-state index contributed by atoms with van der Waals surface area (Å²) in [6, 6.07) is 0. The first-order valence-electron chi connectivity index (χ1n) is 4.80. The van der Waals surface area contributed by atoms with Crippen molar-refractivity contribution in [2.45, 2.75) is 26.0 Å². The van der Waals surface area contributed by atoms with E-state index in [-0.39, 0.29) is 0 Å². The zero-order valence-electron chi connectivity index (χ0n) is 8.30. The highest BCUT2D eigenvalue weighted by Crippen LogP contribution is 2.18. The molecule has 0 amide bonds. The third-order valence-corrected chi connectivity index (χ3v) is 2.02. The van der Waals surface area contributed by atoms with Gasteiger partial charge in [-0.25, -0.2) is 0 Å². The van der Waals surface area contributed by atoms with Gasteiger partial charge in [0.1, 0.15) is 5.72 Å². The lowest BCUT2D eigenvalue weighted by atomic mass is 10.0. The summed E-state index contributed by atoms with van der Waals surface area (Å²) >= 11 is 0. The van der Waals surface area contributed by atoms with Crippen molar-refractivity contribution in [2.24, 2.45) is 0 Å². The number of hydrogen-bond donors (Lipinski definition) is 3. The van der Waals surface area contributed by atoms with E-state index in [1.165, 1.54) is 0 Å². The van der Waals surface area contributed by atoms with Crippen molar-refractivity contribution in [2.75, 3.05) is 13.1 Å². The zero-order valence-corrected chi connectivity index (χ0v) is 8.30. The van der Waals surface area contributed by atoms with Gasteiger partial charge >= 0.3 is 0 Å². The molecule has 0 aromatic rings. The summed E-state index contributed by atoms with van der Waals surface area (Å²) in [5, 5.41) is 16.2. The lowest BCUT2D eigenvalue weighted by molar-refractivity contribution is 0.0538. The summed E-state index contributed by atoms with van der Waals surface area (Å²) in [6.45, 7) is 5.69. The zero-order chi connectivity index (χ0) is 9.73. The lowest BCUT2D eigenvalue weighted by Crippen LogP contribution is -2.45. The average Bonchev–Trinajstić information content (AvgIpc) is 2.04. The maximum atomic E-state index is 9.99. The van der Waals surface area contributed by atoms with Crippen molar-refractivity contribution < 1.29 is 5.11 Å². The Morgan fingerprint density at radius 2 is 2.23 bits per heavy atom. The van der Waals surface area contributed by atoms with Gasteiger partial charge in [-0.05, 0) is 25.6 Å². The lowest BCUT2D eigenvalue weighted by Gasteiger charge is -2.29. The molecule has 1 aliphatic carbocycles. The average molecular weight is 182 g/mol. The van der Waals surface area contributed by atoms with Gasteiger partial charge in [-0.2, -0.15) is 0 Å². The fourth-order valence-corrected chi connectivity index (χ4v) is 1.51. The number of allylic oxidation sites excluding steroid dienone is 2. The van der Waals surface area contributed by atoms with Crippen LogP contribution in [0.15, 0.2) is 23.9 Å². The van der Waals surface area contributed by atoms with Gasteiger partial charge in [-0.1, -0.05) is 13.0 Å². The van der Waals surface area contributed by atoms with Gasteiger partial charge in [0.05, 0.1) is 0 Å². The molecule has 0 heterocycles. The highest BCUT2D eigenvalue weighted by Gasteiger charge is 2.25. The van der Waals surface area contributed by atoms with Gasteiger partial charge in [0.25, 0.3) is 0 Å². The molecular formula is C10H18N2O. The van der Waals surface area contributed by atoms with Crippen LogP contribution in [0.3, 0.4) is 0 Å². The Labute approximate surface area is 79.5 Å². The second-order valence-corrected chi connectivity index (χ2v) is 3.21. The van der Waals surface area contributed by atoms with Crippen LogP contribution in [0.5, 0.6) is 0 Å². The standard InChI is InChI=1S/C10H18N2O/c1-3-11-9-6-5-7-10(13,8-9)12-4-2/h5-7,11-13H,3-4,8H2,1-2H3. The van der Waals surface area contributed by atoms with Crippen LogP contribution in [0.25, 0.3) is 0 Å². The predicted molar refractivity (Wildman–Crippen MR) is 54.1 cm³/mol. The van der Waals surface area contributed by atoms with E-state index < -0.39 is 5.72 Å². The van der Waals surface area contributed by atoms with E-state index in [1.807, 2.05) is 26.0 Å². The third kappa shape index (κ3) is 2.86. The van der Waals surface area contributed by atoms with Crippen LogP contribution in [0.2, 0.25) is 0 Å². The number of nitrogens with one attached hydrogen (secondary N) is 2. The molecule has 1 rings (SSSR count). The van der Waals surface area contributed by atoms with E-state index in [1.54, 1.807) is 6.08 Å². The highest BCUT2D eigenvalue weighted by molar-refractivity contribution is 5.23. The van der Waals surface area contributed by atoms with Crippen LogP contribution in [0, 0.1) is 0 Å². The van der Waals surface area contributed by atoms with Gasteiger partial charge in [-0.3, -0.25) is 5.32 Å². The van der Waals surface area contributed by atoms with Crippen LogP contribution < -0.4 is 10.6 Å². The van der Waals surface area contributed by atoms with Crippen molar-refractivity contribution in [1.29, 1.82) is 0 Å². The van der Waals surface area contributed by atoms with E-state index in [0.717, 1.165) is 18.8 Å². The quantitative estimate of drug-likeness (QED) is 0.562. The summed E-state index contributed by atoms with van der Waals surface area (Å²) in [5.41, 5.74) is 0.217. The molecule has 0 aromatic carbocycles. The van der Waals surface area contributed by atoms with Crippen LogP contribution >= 0.6 is 0 Å². The molecule has 0 saturated heterocycles. The Morgan fingerprint density at radius 1 is 1.46 bits per heavy atom. The van der Waals surface area contributed by atoms with Crippen LogP contribution in [-0.2, 0) is 0 Å². The molecule has 1 aliphatic rings. The first-order chi connectivity index (χ1) is 6.20. The van der Waals surface area contributed by atoms with E-state index in [2.05, 4.69) is 10.6 Å². The second kappa shape index (κ2) is 4.44. The molecule has 3 N–H and O–H groups in total. The largest absolute Gasteiger partial charge is 0.388 e. The smallest absolute Gasteiger partial charge is 0.140 e. The molecule has 0 bridgehead atoms. The minimum Gasteiger partial charge on any atom is -0.388 e. The number of rotatable bonds is 4. The Morgan fingerprint density at radius 3 is 2.85 bits per heavy atom. The van der Waals surface area contributed by atoms with Gasteiger partial charge in [-0.15, -0.1) is 0 Å². The fraction of sp³-hybridized carbons (Fsp3) is 0.600. The van der Waals surface area contributed by atoms with Gasteiger partial charge in [0.15, 0.2) is 0 Å². The Balaban J connectivity index is 2.57. The van der Waals surface area contributed by atoms with Crippen LogP contribution in [-0.4, -0.2) is 23.9 Å². The molecule has 0 fully saturated rings. The van der Waals surface area contributed by atoms with Crippen molar-refractivity contribution in [1.82, 2.24) is 10.6 Å². The number of likely N-dealkylation sites (N-methyl/N-ethyl adjacent to an activating group) is 1. The summed E-state index contributed by atoms with van der Waals surface area (Å²) in [6.07, 6.45) is 6.28. The molecule has 0 spiro atoms. The molecular weight excluding hydrogens is 164 g/mol. The summed E-state index contributed by atoms with van der Waals surface area (Å²) in [7, 11) is 0. The molecule has 0 aromatic heterocycles. The fourth-order valence-electron chi connectivity index (χ4n) is 1.51. The number of aliphatic hydroxyl groups is 1. The Hall–Kier alpha value is -0.800. The van der Waals surface area contributed by atoms with Crippen LogP contribution in [0.4, 0.5) is 0 Å². The van der Waals surface area contributed by atoms with E-state index in [9.17, 15) is 5.11 Å². The third-order valence-electron chi connectivity index (χ3n) is 2.02. The molecule has 1 unspecified atom stereocenters. The Bertz CT molecular complexity index is 223.